The van der Waals surface area contributed by atoms with Gasteiger partial charge < -0.3 is 20.0 Å². The lowest BCUT2D eigenvalue weighted by molar-refractivity contribution is 0.277. The van der Waals surface area contributed by atoms with E-state index in [1.54, 1.807) is 6.21 Å². The first-order chi connectivity index (χ1) is 9.31. The van der Waals surface area contributed by atoms with Crippen LogP contribution >= 0.6 is 0 Å². The first-order valence-electron chi connectivity index (χ1n) is 6.58. The number of hydrazone groups is 1. The maximum absolute atomic E-state index is 8.62. The van der Waals surface area contributed by atoms with Crippen molar-refractivity contribution >= 4 is 6.21 Å². The SMILES string of the molecule is CCCOc1ccc(C=NNCCO)cc1OCC. The van der Waals surface area contributed by atoms with Crippen molar-refractivity contribution in [2.45, 2.75) is 20.3 Å². The molecule has 106 valence electrons. The summed E-state index contributed by atoms with van der Waals surface area (Å²) < 4.78 is 11.2. The molecular weight excluding hydrogens is 244 g/mol. The Balaban J connectivity index is 2.73. The molecule has 0 unspecified atom stereocenters. The van der Waals surface area contributed by atoms with E-state index in [-0.39, 0.29) is 6.61 Å². The van der Waals surface area contributed by atoms with E-state index in [0.29, 0.717) is 19.8 Å². The molecule has 5 heteroatoms. The number of rotatable bonds is 9. The summed E-state index contributed by atoms with van der Waals surface area (Å²) in [5.74, 6) is 1.48. The predicted octanol–water partition coefficient (Wildman–Crippen LogP) is 1.79. The van der Waals surface area contributed by atoms with Crippen LogP contribution in [-0.4, -0.2) is 37.7 Å². The van der Waals surface area contributed by atoms with Crippen molar-refractivity contribution in [3.8, 4) is 11.5 Å². The van der Waals surface area contributed by atoms with Crippen molar-refractivity contribution in [3.63, 3.8) is 0 Å². The highest BCUT2D eigenvalue weighted by molar-refractivity contribution is 5.80. The van der Waals surface area contributed by atoms with E-state index >= 15 is 0 Å². The lowest BCUT2D eigenvalue weighted by Crippen LogP contribution is -2.11. The number of hydrogen-bond donors (Lipinski definition) is 2. The number of aliphatic hydroxyl groups excluding tert-OH is 1. The maximum atomic E-state index is 8.62. The highest BCUT2D eigenvalue weighted by Gasteiger charge is 2.05. The van der Waals surface area contributed by atoms with Gasteiger partial charge in [-0.25, -0.2) is 0 Å². The van der Waals surface area contributed by atoms with Crippen molar-refractivity contribution in [2.75, 3.05) is 26.4 Å². The topological polar surface area (TPSA) is 63.1 Å². The van der Waals surface area contributed by atoms with E-state index in [2.05, 4.69) is 17.5 Å². The van der Waals surface area contributed by atoms with Gasteiger partial charge in [-0.05, 0) is 37.1 Å². The molecule has 0 spiro atoms. The Bertz CT molecular complexity index is 394. The summed E-state index contributed by atoms with van der Waals surface area (Å²) in [5.41, 5.74) is 3.65. The van der Waals surface area contributed by atoms with Crippen LogP contribution in [0.2, 0.25) is 0 Å². The van der Waals surface area contributed by atoms with Gasteiger partial charge in [0.15, 0.2) is 11.5 Å². The van der Waals surface area contributed by atoms with Gasteiger partial charge in [0.1, 0.15) is 0 Å². The predicted molar refractivity (Wildman–Crippen MR) is 76.1 cm³/mol. The Hall–Kier alpha value is -1.75. The number of ether oxygens (including phenoxy) is 2. The Morgan fingerprint density at radius 3 is 2.79 bits per heavy atom. The third kappa shape index (κ3) is 5.61. The maximum Gasteiger partial charge on any atom is 0.161 e. The van der Waals surface area contributed by atoms with Gasteiger partial charge >= 0.3 is 0 Å². The van der Waals surface area contributed by atoms with E-state index < -0.39 is 0 Å². The van der Waals surface area contributed by atoms with E-state index in [0.717, 1.165) is 23.5 Å². The van der Waals surface area contributed by atoms with Crippen molar-refractivity contribution in [3.05, 3.63) is 23.8 Å². The Morgan fingerprint density at radius 2 is 2.11 bits per heavy atom. The lowest BCUT2D eigenvalue weighted by atomic mass is 10.2. The van der Waals surface area contributed by atoms with Crippen LogP contribution in [0.3, 0.4) is 0 Å². The van der Waals surface area contributed by atoms with Crippen LogP contribution < -0.4 is 14.9 Å². The van der Waals surface area contributed by atoms with Crippen molar-refractivity contribution in [1.82, 2.24) is 5.43 Å². The first-order valence-corrected chi connectivity index (χ1v) is 6.58. The molecule has 0 saturated carbocycles. The second-order valence-corrected chi connectivity index (χ2v) is 3.88. The molecule has 0 heterocycles. The standard InChI is InChI=1S/C14H22N2O3/c1-3-9-19-13-6-5-12(10-14(13)18-4-2)11-16-15-7-8-17/h5-6,10-11,15,17H,3-4,7-9H2,1-2H3. The second kappa shape index (κ2) is 9.22. The molecule has 0 aromatic heterocycles. The van der Waals surface area contributed by atoms with Crippen molar-refractivity contribution in [2.24, 2.45) is 5.10 Å². The third-order valence-corrected chi connectivity index (χ3v) is 2.26. The molecule has 1 aromatic carbocycles. The summed E-state index contributed by atoms with van der Waals surface area (Å²) in [6.45, 7) is 5.76. The fraction of sp³-hybridized carbons (Fsp3) is 0.500. The molecule has 1 aromatic rings. The van der Waals surface area contributed by atoms with Crippen LogP contribution in [0.1, 0.15) is 25.8 Å². The molecule has 0 aliphatic carbocycles. The zero-order chi connectivity index (χ0) is 13.9. The zero-order valence-electron chi connectivity index (χ0n) is 11.6. The second-order valence-electron chi connectivity index (χ2n) is 3.88. The van der Waals surface area contributed by atoms with Crippen LogP contribution in [0.4, 0.5) is 0 Å². The van der Waals surface area contributed by atoms with Crippen LogP contribution in [-0.2, 0) is 0 Å². The summed E-state index contributed by atoms with van der Waals surface area (Å²) in [7, 11) is 0. The number of nitrogens with one attached hydrogen (secondary N) is 1. The molecule has 0 radical (unpaired) electrons. The average Bonchev–Trinajstić information content (AvgIpc) is 2.43. The van der Waals surface area contributed by atoms with Gasteiger partial charge in [0.25, 0.3) is 0 Å². The summed E-state index contributed by atoms with van der Waals surface area (Å²) >= 11 is 0. The molecule has 0 amide bonds. The molecule has 0 fully saturated rings. The average molecular weight is 266 g/mol. The third-order valence-electron chi connectivity index (χ3n) is 2.26. The minimum atomic E-state index is 0.0608. The lowest BCUT2D eigenvalue weighted by Gasteiger charge is -2.11. The van der Waals surface area contributed by atoms with Gasteiger partial charge in [-0.2, -0.15) is 5.10 Å². The van der Waals surface area contributed by atoms with Gasteiger partial charge in [0.2, 0.25) is 0 Å². The molecule has 1 rings (SSSR count). The Morgan fingerprint density at radius 1 is 1.26 bits per heavy atom. The zero-order valence-corrected chi connectivity index (χ0v) is 11.6. The van der Waals surface area contributed by atoms with Gasteiger partial charge in [0.05, 0.1) is 32.6 Å². The largest absolute Gasteiger partial charge is 0.490 e. The summed E-state index contributed by atoms with van der Waals surface area (Å²) in [4.78, 5) is 0. The van der Waals surface area contributed by atoms with Crippen LogP contribution in [0, 0.1) is 0 Å². The van der Waals surface area contributed by atoms with E-state index in [1.165, 1.54) is 0 Å². The van der Waals surface area contributed by atoms with Gasteiger partial charge in [0, 0.05) is 0 Å². The number of benzene rings is 1. The molecule has 0 atom stereocenters. The van der Waals surface area contributed by atoms with Crippen molar-refractivity contribution < 1.29 is 14.6 Å². The molecule has 19 heavy (non-hydrogen) atoms. The van der Waals surface area contributed by atoms with E-state index in [9.17, 15) is 0 Å². The van der Waals surface area contributed by atoms with Gasteiger partial charge in [-0.1, -0.05) is 6.92 Å². The summed E-state index contributed by atoms with van der Waals surface area (Å²) in [6.07, 6.45) is 2.64. The van der Waals surface area contributed by atoms with Gasteiger partial charge in [-0.15, -0.1) is 0 Å². The Kier molecular flexibility index (Phi) is 7.43. The normalized spacial score (nSPS) is 10.7. The monoisotopic (exact) mass is 266 g/mol. The minimum absolute atomic E-state index is 0.0608. The van der Waals surface area contributed by atoms with E-state index in [4.69, 9.17) is 14.6 Å². The Labute approximate surface area is 114 Å². The smallest absolute Gasteiger partial charge is 0.161 e. The molecule has 2 N–H and O–H groups in total. The highest BCUT2D eigenvalue weighted by atomic mass is 16.5. The van der Waals surface area contributed by atoms with Crippen LogP contribution in [0.15, 0.2) is 23.3 Å². The molecule has 0 saturated heterocycles. The number of hydrogen-bond acceptors (Lipinski definition) is 5. The summed E-state index contributed by atoms with van der Waals surface area (Å²) in [6, 6.07) is 5.68. The molecule has 0 bridgehead atoms. The highest BCUT2D eigenvalue weighted by Crippen LogP contribution is 2.28. The summed E-state index contributed by atoms with van der Waals surface area (Å²) in [5, 5.41) is 12.6. The molecular formula is C14H22N2O3. The fourth-order valence-corrected chi connectivity index (χ4v) is 1.44. The first kappa shape index (κ1) is 15.3. The minimum Gasteiger partial charge on any atom is -0.490 e. The molecule has 0 aliphatic rings. The molecule has 5 nitrogen and oxygen atoms in total. The van der Waals surface area contributed by atoms with Crippen LogP contribution in [0.25, 0.3) is 0 Å². The number of nitrogens with zero attached hydrogens (tertiary/aromatic N) is 1. The quantitative estimate of drug-likeness (QED) is 0.406. The van der Waals surface area contributed by atoms with Crippen molar-refractivity contribution in [1.29, 1.82) is 0 Å². The van der Waals surface area contributed by atoms with Gasteiger partial charge in [-0.3, -0.25) is 0 Å². The molecule has 0 aliphatic heterocycles. The van der Waals surface area contributed by atoms with Crippen LogP contribution in [0.5, 0.6) is 11.5 Å². The van der Waals surface area contributed by atoms with E-state index in [1.807, 2.05) is 25.1 Å². The number of aliphatic hydroxyl groups is 1. The fourth-order valence-electron chi connectivity index (χ4n) is 1.44.